The number of benzene rings is 2. The van der Waals surface area contributed by atoms with Crippen molar-refractivity contribution in [3.63, 3.8) is 0 Å². The molecule has 2 aromatic carbocycles. The van der Waals surface area contributed by atoms with Gasteiger partial charge in [-0.1, -0.05) is 41.7 Å². The predicted octanol–water partition coefficient (Wildman–Crippen LogP) is 5.14. The highest BCUT2D eigenvalue weighted by Gasteiger charge is 2.36. The van der Waals surface area contributed by atoms with Gasteiger partial charge >= 0.3 is 6.09 Å². The van der Waals surface area contributed by atoms with E-state index in [1.165, 1.54) is 29.0 Å². The molecular weight excluding hydrogens is 451 g/mol. The number of carbonyl (C=O) groups is 1. The molecule has 0 saturated carbocycles. The molecular formula is C26H31FN4O2S. The number of thiazole rings is 1. The van der Waals surface area contributed by atoms with E-state index in [2.05, 4.69) is 52.9 Å². The number of piperidine rings is 1. The normalized spacial score (nSPS) is 22.3. The summed E-state index contributed by atoms with van der Waals surface area (Å²) in [4.78, 5) is 24.3. The number of hydrogen-bond donors (Lipinski definition) is 0. The van der Waals surface area contributed by atoms with Crippen LogP contribution in [0.1, 0.15) is 32.3 Å². The van der Waals surface area contributed by atoms with Gasteiger partial charge in [0.15, 0.2) is 5.13 Å². The average Bonchev–Trinajstić information content (AvgIpc) is 3.24. The Morgan fingerprint density at radius 1 is 1.09 bits per heavy atom. The molecule has 8 heteroatoms. The minimum atomic E-state index is -0.247. The van der Waals surface area contributed by atoms with Gasteiger partial charge in [0.25, 0.3) is 0 Å². The molecule has 2 aliphatic rings. The second-order valence-electron chi connectivity index (χ2n) is 9.46. The number of carbonyl (C=O) groups excluding carboxylic acids is 1. The van der Waals surface area contributed by atoms with Crippen LogP contribution in [-0.4, -0.2) is 65.2 Å². The molecule has 3 aromatic rings. The Morgan fingerprint density at radius 2 is 1.79 bits per heavy atom. The second-order valence-corrected chi connectivity index (χ2v) is 10.5. The number of aromatic nitrogens is 1. The topological polar surface area (TPSA) is 48.9 Å². The fourth-order valence-electron chi connectivity index (χ4n) is 5.09. The number of halogens is 1. The Morgan fingerprint density at radius 3 is 2.50 bits per heavy atom. The molecule has 6 nitrogen and oxygen atoms in total. The third-order valence-electron chi connectivity index (χ3n) is 6.79. The van der Waals surface area contributed by atoms with Crippen LogP contribution in [-0.2, 0) is 11.3 Å². The maximum Gasteiger partial charge on any atom is 0.410 e. The summed E-state index contributed by atoms with van der Waals surface area (Å²) < 4.78 is 20.4. The zero-order chi connectivity index (χ0) is 23.7. The number of anilines is 1. The minimum absolute atomic E-state index is 0.00170. The van der Waals surface area contributed by atoms with Crippen LogP contribution in [0.4, 0.5) is 14.3 Å². The van der Waals surface area contributed by atoms with Crippen molar-refractivity contribution < 1.29 is 13.9 Å². The second kappa shape index (κ2) is 9.88. The van der Waals surface area contributed by atoms with Crippen molar-refractivity contribution in [3.8, 4) is 0 Å². The van der Waals surface area contributed by atoms with Gasteiger partial charge in [0.1, 0.15) is 11.9 Å². The zero-order valence-electron chi connectivity index (χ0n) is 19.7. The molecule has 5 rings (SSSR count). The lowest BCUT2D eigenvalue weighted by molar-refractivity contribution is 0.0101. The van der Waals surface area contributed by atoms with Gasteiger partial charge in [-0.15, -0.1) is 0 Å². The third kappa shape index (κ3) is 5.03. The first kappa shape index (κ1) is 23.1. The maximum absolute atomic E-state index is 13.6. The van der Waals surface area contributed by atoms with Crippen molar-refractivity contribution in [1.82, 2.24) is 14.8 Å². The van der Waals surface area contributed by atoms with Gasteiger partial charge < -0.3 is 9.64 Å². The third-order valence-corrected chi connectivity index (χ3v) is 7.87. The highest BCUT2D eigenvalue weighted by molar-refractivity contribution is 7.22. The first-order valence-electron chi connectivity index (χ1n) is 12.0. The minimum Gasteiger partial charge on any atom is -0.446 e. The first-order chi connectivity index (χ1) is 16.5. The Balaban J connectivity index is 1.15. The van der Waals surface area contributed by atoms with Gasteiger partial charge in [0.2, 0.25) is 0 Å². The van der Waals surface area contributed by atoms with E-state index in [1.807, 2.05) is 11.0 Å². The number of ether oxygens (including phenoxy) is 1. The van der Waals surface area contributed by atoms with E-state index in [0.717, 1.165) is 47.8 Å². The van der Waals surface area contributed by atoms with E-state index < -0.39 is 0 Å². The number of likely N-dealkylation sites (tertiary alicyclic amines) is 1. The highest BCUT2D eigenvalue weighted by atomic mass is 32.1. The number of fused-ring (bicyclic) bond motifs is 1. The lowest BCUT2D eigenvalue weighted by Crippen LogP contribution is -2.59. The van der Waals surface area contributed by atoms with Crippen molar-refractivity contribution in [2.45, 2.75) is 51.4 Å². The monoisotopic (exact) mass is 482 g/mol. The Bertz CT molecular complexity index is 1120. The number of hydrogen-bond acceptors (Lipinski definition) is 6. The van der Waals surface area contributed by atoms with Crippen molar-refractivity contribution in [2.75, 3.05) is 31.1 Å². The van der Waals surface area contributed by atoms with Crippen molar-refractivity contribution in [3.05, 3.63) is 59.9 Å². The fourth-order valence-corrected chi connectivity index (χ4v) is 6.10. The zero-order valence-corrected chi connectivity index (χ0v) is 20.5. The number of nitrogens with zero attached hydrogens (tertiary/aromatic N) is 4. The molecule has 34 heavy (non-hydrogen) atoms. The summed E-state index contributed by atoms with van der Waals surface area (Å²) in [5.41, 5.74) is 2.12. The van der Waals surface area contributed by atoms with Gasteiger partial charge in [0, 0.05) is 32.7 Å². The van der Waals surface area contributed by atoms with Crippen molar-refractivity contribution in [2.24, 2.45) is 0 Å². The lowest BCUT2D eigenvalue weighted by Gasteiger charge is -2.44. The quantitative estimate of drug-likeness (QED) is 0.516. The summed E-state index contributed by atoms with van der Waals surface area (Å²) in [6, 6.07) is 15.2. The molecule has 0 aliphatic carbocycles. The van der Waals surface area contributed by atoms with Crippen molar-refractivity contribution >= 4 is 32.8 Å². The molecule has 3 heterocycles. The summed E-state index contributed by atoms with van der Waals surface area (Å²) >= 11 is 1.50. The summed E-state index contributed by atoms with van der Waals surface area (Å²) in [7, 11) is 0. The molecule has 2 aliphatic heterocycles. The first-order valence-corrected chi connectivity index (χ1v) is 12.8. The Labute approximate surface area is 203 Å². The summed E-state index contributed by atoms with van der Waals surface area (Å²) in [5, 5.41) is 0.873. The standard InChI is InChI=1S/C26H31FN4O2S/c1-18-15-30(25-28-23-9-8-21(27)14-24(23)34-25)16-19(2)31(18)26(32)33-22-10-12-29(13-11-22)17-20-6-4-3-5-7-20/h3-9,14,18-19,22H,10-13,15-17H2,1-2H3/t18-,19+. The van der Waals surface area contributed by atoms with Crippen LogP contribution in [0.3, 0.4) is 0 Å². The molecule has 180 valence electrons. The largest absolute Gasteiger partial charge is 0.446 e. The van der Waals surface area contributed by atoms with Gasteiger partial charge in [-0.2, -0.15) is 0 Å². The van der Waals surface area contributed by atoms with E-state index >= 15 is 0 Å². The van der Waals surface area contributed by atoms with Gasteiger partial charge in [-0.25, -0.2) is 14.2 Å². The van der Waals surface area contributed by atoms with Crippen LogP contribution in [0.5, 0.6) is 0 Å². The molecule has 0 N–H and O–H groups in total. The number of amides is 1. The van der Waals surface area contributed by atoms with Crippen LogP contribution >= 0.6 is 11.3 Å². The van der Waals surface area contributed by atoms with E-state index in [-0.39, 0.29) is 30.1 Å². The Kier molecular flexibility index (Phi) is 6.70. The van der Waals surface area contributed by atoms with Crippen LogP contribution in [0.25, 0.3) is 10.2 Å². The fraction of sp³-hybridized carbons (Fsp3) is 0.462. The molecule has 1 amide bonds. The molecule has 0 spiro atoms. The smallest absolute Gasteiger partial charge is 0.410 e. The summed E-state index contributed by atoms with van der Waals surface area (Å²) in [6.07, 6.45) is 1.48. The van der Waals surface area contributed by atoms with Crippen LogP contribution in [0, 0.1) is 5.82 Å². The number of piperazine rings is 1. The van der Waals surface area contributed by atoms with Crippen LogP contribution < -0.4 is 4.90 Å². The molecule has 0 radical (unpaired) electrons. The summed E-state index contributed by atoms with van der Waals surface area (Å²) in [5.74, 6) is -0.247. The average molecular weight is 483 g/mol. The summed E-state index contributed by atoms with van der Waals surface area (Å²) in [6.45, 7) is 8.27. The SMILES string of the molecule is C[C@@H]1CN(c2nc3ccc(F)cc3s2)C[C@H](C)N1C(=O)OC1CCN(Cc2ccccc2)CC1. The maximum atomic E-state index is 13.6. The van der Waals surface area contributed by atoms with Crippen molar-refractivity contribution in [1.29, 1.82) is 0 Å². The van der Waals surface area contributed by atoms with E-state index in [0.29, 0.717) is 13.1 Å². The molecule has 2 atom stereocenters. The molecule has 2 saturated heterocycles. The van der Waals surface area contributed by atoms with E-state index in [9.17, 15) is 9.18 Å². The van der Waals surface area contributed by atoms with E-state index in [1.54, 1.807) is 6.07 Å². The molecule has 2 fully saturated rings. The Hall–Kier alpha value is -2.71. The molecule has 1 aromatic heterocycles. The lowest BCUT2D eigenvalue weighted by atomic mass is 10.1. The van der Waals surface area contributed by atoms with Crippen LogP contribution in [0.2, 0.25) is 0 Å². The molecule has 0 bridgehead atoms. The van der Waals surface area contributed by atoms with Gasteiger partial charge in [-0.05, 0) is 50.5 Å². The highest BCUT2D eigenvalue weighted by Crippen LogP contribution is 2.32. The molecule has 0 unspecified atom stereocenters. The van der Waals surface area contributed by atoms with E-state index in [4.69, 9.17) is 4.74 Å². The number of rotatable bonds is 4. The van der Waals surface area contributed by atoms with Gasteiger partial charge in [0.05, 0.1) is 22.3 Å². The van der Waals surface area contributed by atoms with Crippen LogP contribution in [0.15, 0.2) is 48.5 Å². The van der Waals surface area contributed by atoms with Gasteiger partial charge in [-0.3, -0.25) is 9.80 Å². The predicted molar refractivity (Wildman–Crippen MR) is 134 cm³/mol.